The minimum absolute atomic E-state index is 0.306. The SMILES string of the molecule is CN(c1cccc(C(=O)O)c1)c1cccs1. The van der Waals surface area contributed by atoms with Crippen LogP contribution in [0.25, 0.3) is 0 Å². The molecule has 2 aromatic rings. The molecule has 0 bridgehead atoms. The van der Waals surface area contributed by atoms with Crippen LogP contribution in [0.2, 0.25) is 0 Å². The topological polar surface area (TPSA) is 40.5 Å². The zero-order chi connectivity index (χ0) is 11.5. The molecule has 0 fully saturated rings. The monoisotopic (exact) mass is 233 g/mol. The number of anilines is 2. The molecule has 3 nitrogen and oxygen atoms in total. The van der Waals surface area contributed by atoms with Gasteiger partial charge in [-0.25, -0.2) is 4.79 Å². The van der Waals surface area contributed by atoms with E-state index in [1.54, 1.807) is 29.5 Å². The van der Waals surface area contributed by atoms with E-state index in [9.17, 15) is 4.79 Å². The fourth-order valence-corrected chi connectivity index (χ4v) is 2.15. The van der Waals surface area contributed by atoms with Crippen molar-refractivity contribution in [3.63, 3.8) is 0 Å². The summed E-state index contributed by atoms with van der Waals surface area (Å²) >= 11 is 1.62. The average molecular weight is 233 g/mol. The van der Waals surface area contributed by atoms with Crippen LogP contribution in [0.4, 0.5) is 10.7 Å². The molecule has 1 N–H and O–H groups in total. The Hall–Kier alpha value is -1.81. The maximum absolute atomic E-state index is 10.8. The van der Waals surface area contributed by atoms with Crippen LogP contribution in [-0.2, 0) is 0 Å². The van der Waals surface area contributed by atoms with E-state index in [1.807, 2.05) is 35.5 Å². The van der Waals surface area contributed by atoms with Crippen LogP contribution in [0.5, 0.6) is 0 Å². The summed E-state index contributed by atoms with van der Waals surface area (Å²) in [4.78, 5) is 12.8. The third-order valence-corrected chi connectivity index (χ3v) is 3.26. The fraction of sp³-hybridized carbons (Fsp3) is 0.0833. The Morgan fingerprint density at radius 1 is 1.31 bits per heavy atom. The molecular formula is C12H11NO2S. The van der Waals surface area contributed by atoms with Crippen LogP contribution < -0.4 is 4.90 Å². The van der Waals surface area contributed by atoms with Crippen molar-refractivity contribution in [3.05, 3.63) is 47.3 Å². The van der Waals surface area contributed by atoms with Gasteiger partial charge in [0.2, 0.25) is 0 Å². The highest BCUT2D eigenvalue weighted by atomic mass is 32.1. The Morgan fingerprint density at radius 3 is 2.75 bits per heavy atom. The van der Waals surface area contributed by atoms with Gasteiger partial charge < -0.3 is 10.0 Å². The van der Waals surface area contributed by atoms with Crippen LogP contribution in [0.15, 0.2) is 41.8 Å². The maximum Gasteiger partial charge on any atom is 0.335 e. The average Bonchev–Trinajstić information content (AvgIpc) is 2.81. The first kappa shape index (κ1) is 10.7. The Labute approximate surface area is 97.6 Å². The van der Waals surface area contributed by atoms with Crippen LogP contribution in [-0.4, -0.2) is 18.1 Å². The molecule has 1 aromatic carbocycles. The minimum atomic E-state index is -0.901. The molecule has 16 heavy (non-hydrogen) atoms. The summed E-state index contributed by atoms with van der Waals surface area (Å²) in [5, 5.41) is 12.0. The lowest BCUT2D eigenvalue weighted by Crippen LogP contribution is -2.08. The Morgan fingerprint density at radius 2 is 2.12 bits per heavy atom. The number of carboxylic acids is 1. The van der Waals surface area contributed by atoms with E-state index in [2.05, 4.69) is 0 Å². The number of carboxylic acid groups (broad SMARTS) is 1. The van der Waals surface area contributed by atoms with Crippen molar-refractivity contribution in [1.82, 2.24) is 0 Å². The van der Waals surface area contributed by atoms with Crippen LogP contribution in [0.1, 0.15) is 10.4 Å². The lowest BCUT2D eigenvalue weighted by molar-refractivity contribution is 0.0697. The summed E-state index contributed by atoms with van der Waals surface area (Å²) in [5.74, 6) is -0.901. The number of thiophene rings is 1. The maximum atomic E-state index is 10.8. The van der Waals surface area contributed by atoms with Gasteiger partial charge in [-0.05, 0) is 35.7 Å². The van der Waals surface area contributed by atoms with E-state index in [4.69, 9.17) is 5.11 Å². The lowest BCUT2D eigenvalue weighted by atomic mass is 10.2. The van der Waals surface area contributed by atoms with Crippen molar-refractivity contribution >= 4 is 28.0 Å². The number of carbonyl (C=O) groups is 1. The normalized spacial score (nSPS) is 10.1. The van der Waals surface area contributed by atoms with Crippen molar-refractivity contribution in [2.24, 2.45) is 0 Å². The molecule has 0 aliphatic carbocycles. The summed E-state index contributed by atoms with van der Waals surface area (Å²) in [6.07, 6.45) is 0. The van der Waals surface area contributed by atoms with E-state index >= 15 is 0 Å². The molecule has 1 heterocycles. The highest BCUT2D eigenvalue weighted by Crippen LogP contribution is 2.28. The van der Waals surface area contributed by atoms with Crippen molar-refractivity contribution in [2.75, 3.05) is 11.9 Å². The highest BCUT2D eigenvalue weighted by molar-refractivity contribution is 7.14. The standard InChI is InChI=1S/C12H11NO2S/c1-13(11-6-3-7-16-11)10-5-2-4-9(8-10)12(14)15/h2-8H,1H3,(H,14,15). The van der Waals surface area contributed by atoms with Gasteiger partial charge in [-0.3, -0.25) is 0 Å². The second-order valence-corrected chi connectivity index (χ2v) is 4.29. The van der Waals surface area contributed by atoms with Crippen LogP contribution >= 0.6 is 11.3 Å². The fourth-order valence-electron chi connectivity index (χ4n) is 1.44. The van der Waals surface area contributed by atoms with Gasteiger partial charge in [0, 0.05) is 12.7 Å². The number of rotatable bonds is 3. The second-order valence-electron chi connectivity index (χ2n) is 3.37. The van der Waals surface area contributed by atoms with Crippen LogP contribution in [0.3, 0.4) is 0 Å². The largest absolute Gasteiger partial charge is 0.478 e. The molecule has 1 aromatic heterocycles. The van der Waals surface area contributed by atoms with Gasteiger partial charge in [-0.2, -0.15) is 0 Å². The molecule has 2 rings (SSSR count). The quantitative estimate of drug-likeness (QED) is 0.884. The summed E-state index contributed by atoms with van der Waals surface area (Å²) in [6, 6.07) is 10.9. The molecular weight excluding hydrogens is 222 g/mol. The van der Waals surface area contributed by atoms with Gasteiger partial charge in [-0.15, -0.1) is 11.3 Å². The first-order valence-corrected chi connectivity index (χ1v) is 5.67. The molecule has 0 saturated carbocycles. The summed E-state index contributed by atoms with van der Waals surface area (Å²) in [5.41, 5.74) is 1.18. The Kier molecular flexibility index (Phi) is 2.92. The van der Waals surface area contributed by atoms with Crippen molar-refractivity contribution in [2.45, 2.75) is 0 Å². The molecule has 0 saturated heterocycles. The van der Waals surface area contributed by atoms with Crippen molar-refractivity contribution < 1.29 is 9.90 Å². The van der Waals surface area contributed by atoms with Gasteiger partial charge in [0.05, 0.1) is 10.6 Å². The van der Waals surface area contributed by atoms with Crippen LogP contribution in [0, 0.1) is 0 Å². The van der Waals surface area contributed by atoms with Gasteiger partial charge >= 0.3 is 5.97 Å². The van der Waals surface area contributed by atoms with E-state index in [1.165, 1.54) is 0 Å². The number of benzene rings is 1. The van der Waals surface area contributed by atoms with Gasteiger partial charge in [0.25, 0.3) is 0 Å². The molecule has 0 atom stereocenters. The number of aromatic carboxylic acids is 1. The van der Waals surface area contributed by atoms with E-state index in [-0.39, 0.29) is 0 Å². The molecule has 4 heteroatoms. The summed E-state index contributed by atoms with van der Waals surface area (Å²) < 4.78 is 0. The number of nitrogens with zero attached hydrogens (tertiary/aromatic N) is 1. The lowest BCUT2D eigenvalue weighted by Gasteiger charge is -2.17. The molecule has 0 amide bonds. The second kappa shape index (κ2) is 4.37. The summed E-state index contributed by atoms with van der Waals surface area (Å²) in [7, 11) is 1.92. The molecule has 0 aliphatic rings. The molecule has 0 aliphatic heterocycles. The molecule has 0 spiro atoms. The van der Waals surface area contributed by atoms with Gasteiger partial charge in [0.15, 0.2) is 0 Å². The first-order chi connectivity index (χ1) is 7.68. The predicted molar refractivity (Wildman–Crippen MR) is 65.8 cm³/mol. The zero-order valence-electron chi connectivity index (χ0n) is 8.75. The summed E-state index contributed by atoms with van der Waals surface area (Å²) in [6.45, 7) is 0. The number of hydrogen-bond acceptors (Lipinski definition) is 3. The van der Waals surface area contributed by atoms with Gasteiger partial charge in [0.1, 0.15) is 0 Å². The molecule has 0 radical (unpaired) electrons. The van der Waals surface area contributed by atoms with Crippen molar-refractivity contribution in [1.29, 1.82) is 0 Å². The number of hydrogen-bond donors (Lipinski definition) is 1. The Bertz CT molecular complexity index is 493. The highest BCUT2D eigenvalue weighted by Gasteiger charge is 2.08. The third-order valence-electron chi connectivity index (χ3n) is 2.32. The van der Waals surface area contributed by atoms with E-state index in [0.29, 0.717) is 5.56 Å². The van der Waals surface area contributed by atoms with Gasteiger partial charge in [-0.1, -0.05) is 6.07 Å². The first-order valence-electron chi connectivity index (χ1n) is 4.79. The minimum Gasteiger partial charge on any atom is -0.478 e. The molecule has 0 unspecified atom stereocenters. The van der Waals surface area contributed by atoms with E-state index in [0.717, 1.165) is 10.7 Å². The van der Waals surface area contributed by atoms with E-state index < -0.39 is 5.97 Å². The third kappa shape index (κ3) is 2.06. The Balaban J connectivity index is 2.34. The predicted octanol–water partition coefficient (Wildman–Crippen LogP) is 3.21. The molecule has 82 valence electrons. The zero-order valence-corrected chi connectivity index (χ0v) is 9.57. The smallest absolute Gasteiger partial charge is 0.335 e. The van der Waals surface area contributed by atoms with Crippen molar-refractivity contribution in [3.8, 4) is 0 Å².